The van der Waals surface area contributed by atoms with Crippen LogP contribution in [0.4, 0.5) is 5.69 Å². The molecule has 0 aliphatic carbocycles. The quantitative estimate of drug-likeness (QED) is 0.133. The number of aliphatic carboxylic acids is 1. The number of hydrogen-bond acceptors (Lipinski definition) is 5. The number of aromatic nitrogens is 1. The molecule has 0 radical (unpaired) electrons. The zero-order valence-corrected chi connectivity index (χ0v) is 26.4. The molecular formula is C41H35N3O4. The summed E-state index contributed by atoms with van der Waals surface area (Å²) < 4.78 is 0. The first-order valence-electron chi connectivity index (χ1n) is 16.0. The molecule has 0 saturated carbocycles. The maximum Gasteiger partial charge on any atom is 0.327 e. The number of amides is 1. The number of fused-ring (bicyclic) bond motifs is 2. The van der Waals surface area contributed by atoms with E-state index in [1.54, 1.807) is 36.4 Å². The topological polar surface area (TPSA) is 112 Å². The van der Waals surface area contributed by atoms with Crippen LogP contribution in [0.1, 0.15) is 47.3 Å². The maximum atomic E-state index is 15.4. The Morgan fingerprint density at radius 1 is 0.729 bits per heavy atom. The van der Waals surface area contributed by atoms with Crippen LogP contribution >= 0.6 is 0 Å². The lowest BCUT2D eigenvalue weighted by molar-refractivity contribution is -0.175. The van der Waals surface area contributed by atoms with Crippen molar-refractivity contribution >= 4 is 28.5 Å². The smallest absolute Gasteiger partial charge is 0.327 e. The van der Waals surface area contributed by atoms with Crippen molar-refractivity contribution in [3.63, 3.8) is 0 Å². The van der Waals surface area contributed by atoms with Gasteiger partial charge in [-0.25, -0.2) is 4.98 Å². The molecule has 1 aromatic heterocycles. The molecule has 48 heavy (non-hydrogen) atoms. The molecule has 4 N–H and O–H groups in total. The summed E-state index contributed by atoms with van der Waals surface area (Å²) in [6, 6.07) is 45.0. The van der Waals surface area contributed by atoms with Gasteiger partial charge in [0, 0.05) is 16.6 Å². The first-order valence-corrected chi connectivity index (χ1v) is 16.0. The van der Waals surface area contributed by atoms with Gasteiger partial charge in [-0.05, 0) is 41.3 Å². The monoisotopic (exact) mass is 633 g/mol. The molecule has 7 heteroatoms. The summed E-state index contributed by atoms with van der Waals surface area (Å²) in [6.07, 6.45) is 0.487. The Hall–Kier alpha value is -5.79. The summed E-state index contributed by atoms with van der Waals surface area (Å²) in [4.78, 5) is 34.7. The summed E-state index contributed by atoms with van der Waals surface area (Å²) >= 11 is 0. The number of rotatable bonds is 8. The maximum absolute atomic E-state index is 15.4. The van der Waals surface area contributed by atoms with E-state index in [4.69, 9.17) is 4.98 Å². The highest BCUT2D eigenvalue weighted by Gasteiger charge is 2.76. The zero-order valence-electron chi connectivity index (χ0n) is 26.4. The molecule has 0 spiro atoms. The summed E-state index contributed by atoms with van der Waals surface area (Å²) in [7, 11) is 0. The van der Waals surface area contributed by atoms with E-state index in [9.17, 15) is 15.0 Å². The molecule has 5 aromatic carbocycles. The zero-order chi connectivity index (χ0) is 33.4. The molecule has 0 bridgehead atoms. The first-order chi connectivity index (χ1) is 23.4. The Morgan fingerprint density at radius 3 is 1.92 bits per heavy atom. The molecular weight excluding hydrogens is 598 g/mol. The predicted molar refractivity (Wildman–Crippen MR) is 186 cm³/mol. The second kappa shape index (κ2) is 12.1. The second-order valence-corrected chi connectivity index (χ2v) is 12.2. The van der Waals surface area contributed by atoms with Crippen molar-refractivity contribution in [1.29, 1.82) is 0 Å². The van der Waals surface area contributed by atoms with Crippen LogP contribution in [0, 0.1) is 0 Å². The third kappa shape index (κ3) is 4.42. The Kier molecular flexibility index (Phi) is 7.77. The van der Waals surface area contributed by atoms with Gasteiger partial charge in [-0.15, -0.1) is 0 Å². The van der Waals surface area contributed by atoms with Gasteiger partial charge in [-0.1, -0.05) is 140 Å². The molecule has 0 saturated heterocycles. The van der Waals surface area contributed by atoms with E-state index in [0.717, 1.165) is 10.9 Å². The fourth-order valence-electron chi connectivity index (χ4n) is 7.47. The Labute approximate surface area is 278 Å². The number of anilines is 1. The normalized spacial score (nSPS) is 20.2. The Balaban J connectivity index is 1.64. The fraction of sp³-hybridized carbons (Fsp3) is 0.146. The predicted octanol–water partition coefficient (Wildman–Crippen LogP) is 7.08. The number of benzene rings is 5. The second-order valence-electron chi connectivity index (χ2n) is 12.2. The number of para-hydroxylation sites is 2. The minimum absolute atomic E-state index is 0.0289. The number of carboxylic acids is 1. The summed E-state index contributed by atoms with van der Waals surface area (Å²) in [6.45, 7) is 1.93. The van der Waals surface area contributed by atoms with Gasteiger partial charge < -0.3 is 20.8 Å². The van der Waals surface area contributed by atoms with Crippen LogP contribution in [-0.4, -0.2) is 27.1 Å². The van der Waals surface area contributed by atoms with E-state index >= 15 is 4.79 Å². The summed E-state index contributed by atoms with van der Waals surface area (Å²) in [5.74, 6) is -2.36. The molecule has 1 aliphatic rings. The van der Waals surface area contributed by atoms with Crippen molar-refractivity contribution in [2.45, 2.75) is 35.9 Å². The number of carbonyl (C=O) groups is 2. The minimum atomic E-state index is -2.61. The third-order valence-electron chi connectivity index (χ3n) is 9.70. The number of nitrogens with zero attached hydrogens (tertiary/aromatic N) is 1. The van der Waals surface area contributed by atoms with E-state index in [1.807, 2.05) is 122 Å². The number of pyridine rings is 1. The van der Waals surface area contributed by atoms with E-state index in [2.05, 4.69) is 10.6 Å². The van der Waals surface area contributed by atoms with Crippen molar-refractivity contribution in [2.75, 3.05) is 5.32 Å². The van der Waals surface area contributed by atoms with Gasteiger partial charge in [0.05, 0.1) is 17.3 Å². The molecule has 6 aromatic rings. The molecule has 0 fully saturated rings. The molecule has 3 atom stereocenters. The van der Waals surface area contributed by atoms with Gasteiger partial charge in [0.1, 0.15) is 5.54 Å². The van der Waals surface area contributed by atoms with E-state index in [0.29, 0.717) is 28.8 Å². The highest BCUT2D eigenvalue weighted by Crippen LogP contribution is 2.61. The molecule has 1 amide bonds. The van der Waals surface area contributed by atoms with E-state index in [1.165, 1.54) is 0 Å². The van der Waals surface area contributed by atoms with Crippen molar-refractivity contribution in [1.82, 2.24) is 10.3 Å². The van der Waals surface area contributed by atoms with Gasteiger partial charge >= 0.3 is 5.97 Å². The van der Waals surface area contributed by atoms with Crippen LogP contribution in [-0.2, 0) is 26.1 Å². The lowest BCUT2D eigenvalue weighted by Crippen LogP contribution is -2.74. The third-order valence-corrected chi connectivity index (χ3v) is 9.70. The molecule has 238 valence electrons. The molecule has 1 aliphatic heterocycles. The number of carbonyl (C=O) groups excluding carboxylic acids is 1. The highest BCUT2D eigenvalue weighted by atomic mass is 16.4. The average molecular weight is 634 g/mol. The number of nitrogens with one attached hydrogen (secondary N) is 2. The molecule has 3 unspecified atom stereocenters. The van der Waals surface area contributed by atoms with Gasteiger partial charge in [0.2, 0.25) is 11.3 Å². The van der Waals surface area contributed by atoms with Gasteiger partial charge in [-0.3, -0.25) is 9.59 Å². The largest absolute Gasteiger partial charge is 0.480 e. The number of aliphatic hydroxyl groups is 1. The number of carboxylic acid groups (broad SMARTS) is 1. The van der Waals surface area contributed by atoms with Crippen LogP contribution in [0.2, 0.25) is 0 Å². The Morgan fingerprint density at radius 2 is 1.29 bits per heavy atom. The van der Waals surface area contributed by atoms with Crippen LogP contribution in [0.5, 0.6) is 0 Å². The lowest BCUT2D eigenvalue weighted by Gasteiger charge is -2.58. The fourth-order valence-corrected chi connectivity index (χ4v) is 7.47. The number of hydrogen-bond donors (Lipinski definition) is 4. The Bertz CT molecular complexity index is 2070. The summed E-state index contributed by atoms with van der Waals surface area (Å²) in [5, 5.41) is 33.3. The van der Waals surface area contributed by atoms with Crippen LogP contribution in [0.3, 0.4) is 0 Å². The minimum Gasteiger partial charge on any atom is -0.480 e. The average Bonchev–Trinajstić information content (AvgIpc) is 3.14. The highest BCUT2D eigenvalue weighted by molar-refractivity contribution is 6.12. The van der Waals surface area contributed by atoms with Gasteiger partial charge in [0.25, 0.3) is 0 Å². The first kappa shape index (κ1) is 30.8. The van der Waals surface area contributed by atoms with E-state index < -0.39 is 34.5 Å². The lowest BCUT2D eigenvalue weighted by atomic mass is 9.51. The van der Waals surface area contributed by atoms with Crippen molar-refractivity contribution < 1.29 is 19.8 Å². The standard InChI is InChI=1S/C41H35N3O4/c1-2-33(28-16-6-3-7-17-28)43-37(45)39(38(46)47)32-23-13-15-25-35(32)44-40(30-19-8-4-9-20-30,31-21-10-5-11-22-31)41(39,48)36-27-26-29-18-12-14-24-34(29)42-36/h3-27,33,44,48H,2H2,1H3,(H,43,45)(H,46,47). The van der Waals surface area contributed by atoms with Crippen molar-refractivity contribution in [2.24, 2.45) is 0 Å². The van der Waals surface area contributed by atoms with Crippen molar-refractivity contribution in [3.05, 3.63) is 180 Å². The van der Waals surface area contributed by atoms with Gasteiger partial charge in [0.15, 0.2) is 5.60 Å². The van der Waals surface area contributed by atoms with Crippen molar-refractivity contribution in [3.8, 4) is 0 Å². The SMILES string of the molecule is CCC(NC(=O)C1(C(=O)O)c2ccccc2NC(c2ccccc2)(c2ccccc2)C1(O)c1ccc2ccccc2n1)c1ccccc1. The van der Waals surface area contributed by atoms with E-state index in [-0.39, 0.29) is 11.3 Å². The molecule has 2 heterocycles. The summed E-state index contributed by atoms with van der Waals surface area (Å²) in [5.41, 5.74) is -3.88. The van der Waals surface area contributed by atoms with Crippen LogP contribution < -0.4 is 10.6 Å². The van der Waals surface area contributed by atoms with Crippen LogP contribution in [0.25, 0.3) is 10.9 Å². The molecule has 7 rings (SSSR count). The van der Waals surface area contributed by atoms with Crippen LogP contribution in [0.15, 0.2) is 152 Å². The molecule has 7 nitrogen and oxygen atoms in total. The van der Waals surface area contributed by atoms with Gasteiger partial charge in [-0.2, -0.15) is 0 Å².